The van der Waals surface area contributed by atoms with Gasteiger partial charge in [0.25, 0.3) is 5.91 Å². The highest BCUT2D eigenvalue weighted by molar-refractivity contribution is 5.97. The van der Waals surface area contributed by atoms with Crippen LogP contribution in [0.2, 0.25) is 0 Å². The fourth-order valence-corrected chi connectivity index (χ4v) is 3.41. The van der Waals surface area contributed by atoms with Gasteiger partial charge in [-0.2, -0.15) is 0 Å². The van der Waals surface area contributed by atoms with Crippen molar-refractivity contribution in [2.75, 3.05) is 0 Å². The highest BCUT2D eigenvalue weighted by Crippen LogP contribution is 2.27. The van der Waals surface area contributed by atoms with Gasteiger partial charge in [0.05, 0.1) is 5.90 Å². The summed E-state index contributed by atoms with van der Waals surface area (Å²) in [5.74, 6) is -1.85. The van der Waals surface area contributed by atoms with Crippen molar-refractivity contribution in [3.63, 3.8) is 0 Å². The fourth-order valence-electron chi connectivity index (χ4n) is 3.41. The number of rotatable bonds is 4. The molecule has 3 aromatic carbocycles. The molecule has 2 unspecified atom stereocenters. The van der Waals surface area contributed by atoms with Crippen LogP contribution < -0.4 is 10.4 Å². The first-order valence-electron chi connectivity index (χ1n) is 9.68. The maximum absolute atomic E-state index is 13.3. The van der Waals surface area contributed by atoms with E-state index in [9.17, 15) is 18.7 Å². The molecule has 1 N–H and O–H groups in total. The summed E-state index contributed by atoms with van der Waals surface area (Å²) in [6.45, 7) is 1.95. The molecule has 5 nitrogen and oxygen atoms in total. The third-order valence-electron chi connectivity index (χ3n) is 5.04. The molecule has 1 heterocycles. The Morgan fingerprint density at radius 3 is 2.16 bits per heavy atom. The smallest absolute Gasteiger partial charge is 0.252 e. The van der Waals surface area contributed by atoms with E-state index in [1.165, 1.54) is 41.1 Å². The second-order valence-electron chi connectivity index (χ2n) is 7.31. The molecule has 7 heteroatoms. The minimum atomic E-state index is -0.947. The third kappa shape index (κ3) is 4.50. The van der Waals surface area contributed by atoms with Crippen LogP contribution in [0.15, 0.2) is 77.9 Å². The molecule has 3 aromatic rings. The highest BCUT2D eigenvalue weighted by Gasteiger charge is 2.41. The number of nitrogens with one attached hydrogen (secondary N) is 1. The van der Waals surface area contributed by atoms with Gasteiger partial charge in [-0.3, -0.25) is 4.79 Å². The van der Waals surface area contributed by atoms with Gasteiger partial charge < -0.3 is 10.4 Å². The van der Waals surface area contributed by atoms with E-state index in [2.05, 4.69) is 10.4 Å². The molecule has 0 radical (unpaired) electrons. The summed E-state index contributed by atoms with van der Waals surface area (Å²) in [4.78, 5) is 12.7. The lowest BCUT2D eigenvalue weighted by atomic mass is 9.98. The van der Waals surface area contributed by atoms with E-state index in [0.29, 0.717) is 5.56 Å². The molecule has 0 saturated heterocycles. The van der Waals surface area contributed by atoms with Gasteiger partial charge in [0.1, 0.15) is 17.7 Å². The van der Waals surface area contributed by atoms with Crippen LogP contribution in [0.1, 0.15) is 33.1 Å². The molecular weight excluding hydrogens is 400 g/mol. The van der Waals surface area contributed by atoms with Gasteiger partial charge in [-0.25, -0.2) is 8.78 Å². The second kappa shape index (κ2) is 8.47. The van der Waals surface area contributed by atoms with Gasteiger partial charge >= 0.3 is 0 Å². The van der Waals surface area contributed by atoms with Gasteiger partial charge in [-0.1, -0.05) is 34.5 Å². The molecule has 1 aliphatic heterocycles. The average Bonchev–Trinajstić information content (AvgIpc) is 3.05. The molecule has 1 aliphatic rings. The molecule has 4 rings (SSSR count). The quantitative estimate of drug-likeness (QED) is 0.661. The van der Waals surface area contributed by atoms with Crippen LogP contribution in [0.4, 0.5) is 8.78 Å². The topological polar surface area (TPSA) is 67.5 Å². The second-order valence-corrected chi connectivity index (χ2v) is 7.31. The van der Waals surface area contributed by atoms with Crippen molar-refractivity contribution in [3.8, 4) is 0 Å². The maximum Gasteiger partial charge on any atom is 0.252 e. The van der Waals surface area contributed by atoms with Gasteiger partial charge in [0.15, 0.2) is 0 Å². The highest BCUT2D eigenvalue weighted by atomic mass is 19.1. The first-order valence-corrected chi connectivity index (χ1v) is 9.68. The Morgan fingerprint density at radius 2 is 1.55 bits per heavy atom. The number of benzene rings is 3. The van der Waals surface area contributed by atoms with Crippen molar-refractivity contribution in [2.24, 2.45) is 5.10 Å². The zero-order valence-electron chi connectivity index (χ0n) is 16.6. The number of halogens is 2. The zero-order valence-corrected chi connectivity index (χ0v) is 16.6. The predicted octanol–water partition coefficient (Wildman–Crippen LogP) is 2.93. The Labute approximate surface area is 178 Å². The molecule has 1 amide bonds. The van der Waals surface area contributed by atoms with Gasteiger partial charge in [0.2, 0.25) is 12.3 Å². The summed E-state index contributed by atoms with van der Waals surface area (Å²) < 4.78 is 27.9. The van der Waals surface area contributed by atoms with Crippen molar-refractivity contribution < 1.29 is 23.4 Å². The molecule has 0 bridgehead atoms. The molecular formula is C24H19F2N3O2. The fraction of sp³-hybridized carbons (Fsp3) is 0.125. The summed E-state index contributed by atoms with van der Waals surface area (Å²) in [5.41, 5.74) is 2.72. The summed E-state index contributed by atoms with van der Waals surface area (Å²) >= 11 is 0. The number of aryl methyl sites for hydroxylation is 1. The van der Waals surface area contributed by atoms with E-state index in [0.717, 1.165) is 11.1 Å². The Morgan fingerprint density at radius 1 is 0.968 bits per heavy atom. The number of hydrogen-bond donors (Lipinski definition) is 1. The molecule has 0 aromatic heterocycles. The largest absolute Gasteiger partial charge is 0.856 e. The van der Waals surface area contributed by atoms with Crippen LogP contribution in [0.25, 0.3) is 0 Å². The molecule has 0 spiro atoms. The lowest BCUT2D eigenvalue weighted by Crippen LogP contribution is -2.47. The van der Waals surface area contributed by atoms with Crippen molar-refractivity contribution in [1.29, 1.82) is 0 Å². The first-order chi connectivity index (χ1) is 14.9. The van der Waals surface area contributed by atoms with Crippen LogP contribution in [0, 0.1) is 18.6 Å². The van der Waals surface area contributed by atoms with Crippen molar-refractivity contribution >= 4 is 18.0 Å². The van der Waals surface area contributed by atoms with E-state index in [1.807, 2.05) is 31.2 Å². The van der Waals surface area contributed by atoms with E-state index in [1.54, 1.807) is 18.3 Å². The van der Waals surface area contributed by atoms with E-state index < -0.39 is 29.7 Å². The van der Waals surface area contributed by atoms with Gasteiger partial charge in [0, 0.05) is 16.7 Å². The van der Waals surface area contributed by atoms with Gasteiger partial charge in [-0.05, 0) is 60.6 Å². The van der Waals surface area contributed by atoms with Crippen LogP contribution in [-0.4, -0.2) is 28.7 Å². The van der Waals surface area contributed by atoms with Crippen molar-refractivity contribution in [1.82, 2.24) is 5.32 Å². The van der Waals surface area contributed by atoms with E-state index in [-0.39, 0.29) is 11.4 Å². The Kier molecular flexibility index (Phi) is 5.58. The number of hydrogen-bond acceptors (Lipinski definition) is 3. The summed E-state index contributed by atoms with van der Waals surface area (Å²) in [7, 11) is 0. The molecule has 0 fully saturated rings. The minimum absolute atomic E-state index is 0.234. The molecule has 31 heavy (non-hydrogen) atoms. The van der Waals surface area contributed by atoms with Crippen LogP contribution in [0.5, 0.6) is 0 Å². The van der Waals surface area contributed by atoms with Crippen LogP contribution >= 0.6 is 0 Å². The van der Waals surface area contributed by atoms with Crippen LogP contribution in [-0.2, 0) is 0 Å². The lowest BCUT2D eigenvalue weighted by molar-refractivity contribution is -0.565. The molecule has 0 saturated carbocycles. The lowest BCUT2D eigenvalue weighted by Gasteiger charge is -2.20. The Hall–Kier alpha value is -3.87. The number of carbonyl (C=O) groups is 1. The first kappa shape index (κ1) is 20.4. The van der Waals surface area contributed by atoms with Gasteiger partial charge in [-0.15, -0.1) is 0 Å². The monoisotopic (exact) mass is 419 g/mol. The summed E-state index contributed by atoms with van der Waals surface area (Å²) in [5, 5.41) is 19.6. The van der Waals surface area contributed by atoms with Crippen molar-refractivity contribution in [3.05, 3.63) is 107 Å². The van der Waals surface area contributed by atoms with E-state index >= 15 is 0 Å². The zero-order chi connectivity index (χ0) is 22.0. The minimum Gasteiger partial charge on any atom is -0.856 e. The summed E-state index contributed by atoms with van der Waals surface area (Å²) in [6, 6.07) is 16.9. The average molecular weight is 419 g/mol. The standard InChI is InChI=1S/C24H19F2N3O2/c1-15-2-6-17(7-3-15)22-21(27-23(30)18-8-12-20(26)13-9-18)24(31)28-29(22)14-16-4-10-19(25)11-5-16/h2-14,21-22H,1H3,(H-,27,28,30,31)/b29-14-. The predicted molar refractivity (Wildman–Crippen MR) is 111 cm³/mol. The SMILES string of the molecule is Cc1ccc(C2C(NC(=O)c3ccc(F)cc3)C([O-])=N/[N+]2=C\c2ccc(F)cc2)cc1. The molecule has 0 aliphatic carbocycles. The number of hydrazone groups is 1. The Bertz CT molecular complexity index is 1150. The van der Waals surface area contributed by atoms with Crippen molar-refractivity contribution in [2.45, 2.75) is 19.0 Å². The number of nitrogens with zero attached hydrogens (tertiary/aromatic N) is 2. The molecule has 156 valence electrons. The molecule has 2 atom stereocenters. The third-order valence-corrected chi connectivity index (χ3v) is 5.04. The maximum atomic E-state index is 13.3. The van der Waals surface area contributed by atoms with Crippen LogP contribution in [0.3, 0.4) is 0 Å². The Balaban J connectivity index is 1.69. The normalized spacial score (nSPS) is 19.3. The number of amides is 1. The summed E-state index contributed by atoms with van der Waals surface area (Å²) in [6.07, 6.45) is 1.63. The van der Waals surface area contributed by atoms with E-state index in [4.69, 9.17) is 0 Å². The number of carbonyl (C=O) groups excluding carboxylic acids is 1.